The maximum atomic E-state index is 6.21. The van der Waals surface area contributed by atoms with E-state index in [1.165, 1.54) is 0 Å². The Balaban J connectivity index is 2.09. The third-order valence-electron chi connectivity index (χ3n) is 3.01. The summed E-state index contributed by atoms with van der Waals surface area (Å²) in [5, 5.41) is 3.95. The van der Waals surface area contributed by atoms with Gasteiger partial charge in [-0.1, -0.05) is 23.7 Å². The van der Waals surface area contributed by atoms with Crippen LogP contribution in [0.4, 0.5) is 5.69 Å². The average molecular weight is 252 g/mol. The zero-order chi connectivity index (χ0) is 12.3. The number of nitrogens with one attached hydrogen (secondary N) is 1. The summed E-state index contributed by atoms with van der Waals surface area (Å²) < 4.78 is 0. The fourth-order valence-electron chi connectivity index (χ4n) is 2.13. The molecule has 1 aromatic rings. The van der Waals surface area contributed by atoms with Crippen molar-refractivity contribution >= 4 is 17.3 Å². The molecule has 2 rings (SSSR count). The Morgan fingerprint density at radius 1 is 1.47 bits per heavy atom. The molecule has 4 heteroatoms. The van der Waals surface area contributed by atoms with Gasteiger partial charge in [-0.15, -0.1) is 0 Å². The second-order valence-corrected chi connectivity index (χ2v) is 4.66. The summed E-state index contributed by atoms with van der Waals surface area (Å²) >= 11 is 6.21. The van der Waals surface area contributed by atoms with Crippen LogP contribution in [0.2, 0.25) is 5.02 Å². The van der Waals surface area contributed by atoms with E-state index in [0.717, 1.165) is 36.2 Å². The Hall–Kier alpha value is -1.35. The number of nitrogens with zero attached hydrogens (tertiary/aromatic N) is 1. The Morgan fingerprint density at radius 2 is 2.24 bits per heavy atom. The summed E-state index contributed by atoms with van der Waals surface area (Å²) in [4.78, 5) is 2.28. The first kappa shape index (κ1) is 12.1. The number of hydrogen-bond donors (Lipinski definition) is 2. The van der Waals surface area contributed by atoms with Crippen LogP contribution in [0.1, 0.15) is 6.92 Å². The van der Waals surface area contributed by atoms with E-state index in [1.807, 2.05) is 18.2 Å². The molecule has 0 aliphatic carbocycles. The van der Waals surface area contributed by atoms with Crippen molar-refractivity contribution in [1.82, 2.24) is 5.32 Å². The number of halogens is 1. The van der Waals surface area contributed by atoms with Crippen LogP contribution >= 0.6 is 11.6 Å². The van der Waals surface area contributed by atoms with Crippen molar-refractivity contribution in [2.75, 3.05) is 24.5 Å². The fraction of sp³-hybridized carbons (Fsp3) is 0.385. The van der Waals surface area contributed by atoms with Gasteiger partial charge in [-0.3, -0.25) is 0 Å². The van der Waals surface area contributed by atoms with Crippen LogP contribution in [-0.4, -0.2) is 19.6 Å². The number of para-hydroxylation sites is 1. The minimum atomic E-state index is 0.450. The van der Waals surface area contributed by atoms with E-state index in [1.54, 1.807) is 0 Å². The lowest BCUT2D eigenvalue weighted by Crippen LogP contribution is -2.30. The van der Waals surface area contributed by atoms with E-state index in [4.69, 9.17) is 17.3 Å². The van der Waals surface area contributed by atoms with Crippen molar-refractivity contribution in [3.63, 3.8) is 0 Å². The highest BCUT2D eigenvalue weighted by molar-refractivity contribution is 6.33. The van der Waals surface area contributed by atoms with Crippen LogP contribution in [0.3, 0.4) is 0 Å². The second-order valence-electron chi connectivity index (χ2n) is 4.25. The van der Waals surface area contributed by atoms with Gasteiger partial charge >= 0.3 is 0 Å². The van der Waals surface area contributed by atoms with E-state index < -0.39 is 0 Å². The lowest BCUT2D eigenvalue weighted by atomic mass is 10.1. The Kier molecular flexibility index (Phi) is 3.79. The average Bonchev–Trinajstić information content (AvgIpc) is 2.73. The Morgan fingerprint density at radius 3 is 2.82 bits per heavy atom. The number of nitrogens with two attached hydrogens (primary N) is 1. The maximum absolute atomic E-state index is 6.21. The first-order chi connectivity index (χ1) is 8.20. The van der Waals surface area contributed by atoms with Gasteiger partial charge in [-0.05, 0) is 25.1 Å². The van der Waals surface area contributed by atoms with E-state index in [0.29, 0.717) is 5.92 Å². The van der Waals surface area contributed by atoms with Crippen molar-refractivity contribution in [2.24, 2.45) is 11.7 Å². The lowest BCUT2D eigenvalue weighted by Gasteiger charge is -2.26. The van der Waals surface area contributed by atoms with Crippen LogP contribution in [0, 0.1) is 5.92 Å². The molecule has 1 aliphatic rings. The summed E-state index contributed by atoms with van der Waals surface area (Å²) in [6.45, 7) is 4.92. The highest BCUT2D eigenvalue weighted by Gasteiger charge is 2.17. The van der Waals surface area contributed by atoms with Gasteiger partial charge in [0.25, 0.3) is 0 Å². The molecule has 92 valence electrons. The van der Waals surface area contributed by atoms with Gasteiger partial charge in [-0.25, -0.2) is 0 Å². The largest absolute Gasteiger partial charge is 0.386 e. The molecule has 0 aromatic heterocycles. The molecule has 3 nitrogen and oxygen atoms in total. The maximum Gasteiger partial charge on any atom is 0.0923 e. The van der Waals surface area contributed by atoms with Crippen molar-refractivity contribution in [3.05, 3.63) is 41.2 Å². The Labute approximate surface area is 107 Å². The number of hydrogen-bond acceptors (Lipinski definition) is 3. The molecule has 0 unspecified atom stereocenters. The summed E-state index contributed by atoms with van der Waals surface area (Å²) in [7, 11) is 0. The van der Waals surface area contributed by atoms with Crippen molar-refractivity contribution < 1.29 is 0 Å². The van der Waals surface area contributed by atoms with Crippen LogP contribution in [0.15, 0.2) is 36.2 Å². The van der Waals surface area contributed by atoms with Gasteiger partial charge in [0, 0.05) is 25.6 Å². The van der Waals surface area contributed by atoms with Gasteiger partial charge in [0.15, 0.2) is 0 Å². The molecule has 0 radical (unpaired) electrons. The molecule has 0 bridgehead atoms. The predicted octanol–water partition coefficient (Wildman–Crippen LogP) is 2.19. The molecule has 3 N–H and O–H groups in total. The van der Waals surface area contributed by atoms with Crippen LogP contribution in [0.5, 0.6) is 0 Å². The first-order valence-corrected chi connectivity index (χ1v) is 6.29. The molecule has 0 spiro atoms. The molecule has 17 heavy (non-hydrogen) atoms. The number of anilines is 1. The van der Waals surface area contributed by atoms with Crippen molar-refractivity contribution in [2.45, 2.75) is 6.92 Å². The SMILES string of the molecule is CCN(C[C@H]1C=C(N)NC1)c1ccccc1Cl. The molecule has 0 fully saturated rings. The van der Waals surface area contributed by atoms with Crippen molar-refractivity contribution in [3.8, 4) is 0 Å². The second kappa shape index (κ2) is 5.32. The summed E-state index contributed by atoms with van der Waals surface area (Å²) in [5.74, 6) is 1.23. The smallest absolute Gasteiger partial charge is 0.0923 e. The lowest BCUT2D eigenvalue weighted by molar-refractivity contribution is 0.624. The highest BCUT2D eigenvalue weighted by atomic mass is 35.5. The molecular weight excluding hydrogens is 234 g/mol. The molecule has 0 saturated carbocycles. The monoisotopic (exact) mass is 251 g/mol. The molecule has 1 aliphatic heterocycles. The summed E-state index contributed by atoms with van der Waals surface area (Å²) in [5.41, 5.74) is 6.81. The zero-order valence-corrected chi connectivity index (χ0v) is 10.7. The predicted molar refractivity (Wildman–Crippen MR) is 73.1 cm³/mol. The highest BCUT2D eigenvalue weighted by Crippen LogP contribution is 2.26. The zero-order valence-electron chi connectivity index (χ0n) is 9.99. The quantitative estimate of drug-likeness (QED) is 0.862. The van der Waals surface area contributed by atoms with Crippen LogP contribution in [-0.2, 0) is 0 Å². The van der Waals surface area contributed by atoms with Crippen LogP contribution in [0.25, 0.3) is 0 Å². The van der Waals surface area contributed by atoms with E-state index in [9.17, 15) is 0 Å². The first-order valence-electron chi connectivity index (χ1n) is 5.91. The Bertz CT molecular complexity index is 417. The molecule has 0 amide bonds. The third-order valence-corrected chi connectivity index (χ3v) is 3.33. The summed E-state index contributed by atoms with van der Waals surface area (Å²) in [6, 6.07) is 7.95. The summed E-state index contributed by atoms with van der Waals surface area (Å²) in [6.07, 6.45) is 2.08. The normalized spacial score (nSPS) is 18.7. The van der Waals surface area contributed by atoms with Crippen LogP contribution < -0.4 is 16.0 Å². The molecule has 1 heterocycles. The van der Waals surface area contributed by atoms with Crippen molar-refractivity contribution in [1.29, 1.82) is 0 Å². The topological polar surface area (TPSA) is 41.3 Å². The van der Waals surface area contributed by atoms with E-state index in [2.05, 4.69) is 29.3 Å². The third kappa shape index (κ3) is 2.86. The van der Waals surface area contributed by atoms with Gasteiger partial charge in [0.2, 0.25) is 0 Å². The number of benzene rings is 1. The van der Waals surface area contributed by atoms with Gasteiger partial charge in [0.1, 0.15) is 0 Å². The number of rotatable bonds is 4. The molecular formula is C13H18ClN3. The fourth-order valence-corrected chi connectivity index (χ4v) is 2.38. The van der Waals surface area contributed by atoms with Gasteiger partial charge in [0.05, 0.1) is 16.5 Å². The minimum Gasteiger partial charge on any atom is -0.386 e. The van der Waals surface area contributed by atoms with Gasteiger partial charge < -0.3 is 16.0 Å². The molecule has 1 aromatic carbocycles. The molecule has 1 atom stereocenters. The standard InChI is InChI=1S/C13H18ClN3/c1-2-17(9-10-7-13(15)16-8-10)12-6-4-3-5-11(12)14/h3-7,10,16H,2,8-9,15H2,1H3/t10-/m0/s1. The van der Waals surface area contributed by atoms with E-state index in [-0.39, 0.29) is 0 Å². The van der Waals surface area contributed by atoms with E-state index >= 15 is 0 Å². The minimum absolute atomic E-state index is 0.450. The van der Waals surface area contributed by atoms with Gasteiger partial charge in [-0.2, -0.15) is 0 Å². The molecule has 0 saturated heterocycles.